The topological polar surface area (TPSA) is 12.0 Å². The first-order valence-corrected chi connectivity index (χ1v) is 6.17. The molecular formula is C12H15Cl2N. The summed E-state index contributed by atoms with van der Waals surface area (Å²) in [5, 5.41) is 5.05. The molecule has 1 atom stereocenters. The Morgan fingerprint density at radius 2 is 2.13 bits per heavy atom. The smallest absolute Gasteiger partial charge is 0.0468 e. The first kappa shape index (κ1) is 11.3. The van der Waals surface area contributed by atoms with Crippen LogP contribution < -0.4 is 5.32 Å². The maximum atomic E-state index is 6.18. The molecule has 15 heavy (non-hydrogen) atoms. The maximum absolute atomic E-state index is 6.18. The lowest BCUT2D eigenvalue weighted by Crippen LogP contribution is -2.22. The van der Waals surface area contributed by atoms with E-state index in [1.807, 2.05) is 18.2 Å². The normalized spacial score (nSPS) is 17.8. The Labute approximate surface area is 101 Å². The molecule has 0 aliphatic heterocycles. The Balaban J connectivity index is 2.16. The van der Waals surface area contributed by atoms with E-state index in [9.17, 15) is 0 Å². The molecule has 0 amide bonds. The molecule has 1 nitrogen and oxygen atoms in total. The Morgan fingerprint density at radius 1 is 1.40 bits per heavy atom. The predicted molar refractivity (Wildman–Crippen MR) is 65.7 cm³/mol. The average molecular weight is 244 g/mol. The maximum Gasteiger partial charge on any atom is 0.0468 e. The van der Waals surface area contributed by atoms with Crippen molar-refractivity contribution in [1.29, 1.82) is 0 Å². The quantitative estimate of drug-likeness (QED) is 0.837. The van der Waals surface area contributed by atoms with Crippen LogP contribution in [0.1, 0.15) is 37.8 Å². The molecule has 3 heteroatoms. The van der Waals surface area contributed by atoms with Gasteiger partial charge in [0.15, 0.2) is 0 Å². The summed E-state index contributed by atoms with van der Waals surface area (Å²) in [7, 11) is 0. The minimum absolute atomic E-state index is 0.363. The second kappa shape index (κ2) is 4.73. The van der Waals surface area contributed by atoms with E-state index in [4.69, 9.17) is 23.2 Å². The fourth-order valence-corrected chi connectivity index (χ4v) is 2.29. The summed E-state index contributed by atoms with van der Waals surface area (Å²) in [5.41, 5.74) is 1.16. The Kier molecular flexibility index (Phi) is 3.55. The molecule has 1 N–H and O–H groups in total. The van der Waals surface area contributed by atoms with Gasteiger partial charge in [-0.2, -0.15) is 0 Å². The average Bonchev–Trinajstić information content (AvgIpc) is 2.99. The Hall–Kier alpha value is -0.240. The van der Waals surface area contributed by atoms with Gasteiger partial charge < -0.3 is 5.32 Å². The van der Waals surface area contributed by atoms with Crippen molar-refractivity contribution in [3.05, 3.63) is 33.8 Å². The van der Waals surface area contributed by atoms with Crippen LogP contribution in [0.15, 0.2) is 18.2 Å². The summed E-state index contributed by atoms with van der Waals surface area (Å²) in [4.78, 5) is 0. The molecule has 1 aromatic carbocycles. The van der Waals surface area contributed by atoms with Gasteiger partial charge in [-0.3, -0.25) is 0 Å². The molecule has 2 rings (SSSR count). The number of hydrogen-bond donors (Lipinski definition) is 1. The van der Waals surface area contributed by atoms with Crippen LogP contribution in [0.4, 0.5) is 0 Å². The van der Waals surface area contributed by atoms with Crippen molar-refractivity contribution in [2.24, 2.45) is 0 Å². The first-order chi connectivity index (χ1) is 7.20. The summed E-state index contributed by atoms with van der Waals surface area (Å²) < 4.78 is 0. The second-order valence-corrected chi connectivity index (χ2v) is 4.91. The van der Waals surface area contributed by atoms with E-state index >= 15 is 0 Å². The molecule has 0 spiro atoms. The molecule has 0 aromatic heterocycles. The largest absolute Gasteiger partial charge is 0.307 e. The highest BCUT2D eigenvalue weighted by Crippen LogP contribution is 2.31. The highest BCUT2D eigenvalue weighted by atomic mass is 35.5. The van der Waals surface area contributed by atoms with Crippen LogP contribution in [0.3, 0.4) is 0 Å². The van der Waals surface area contributed by atoms with Crippen molar-refractivity contribution >= 4 is 23.2 Å². The van der Waals surface area contributed by atoms with E-state index in [1.165, 1.54) is 12.8 Å². The number of halogens is 2. The molecule has 0 heterocycles. The second-order valence-electron chi connectivity index (χ2n) is 4.07. The molecule has 1 saturated carbocycles. The van der Waals surface area contributed by atoms with Crippen LogP contribution in [0.2, 0.25) is 10.0 Å². The van der Waals surface area contributed by atoms with E-state index in [2.05, 4.69) is 12.2 Å². The van der Waals surface area contributed by atoms with Crippen molar-refractivity contribution in [3.8, 4) is 0 Å². The number of rotatable bonds is 4. The summed E-state index contributed by atoms with van der Waals surface area (Å²) in [6, 6.07) is 6.80. The minimum atomic E-state index is 0.363. The zero-order valence-electron chi connectivity index (χ0n) is 8.76. The zero-order chi connectivity index (χ0) is 10.8. The molecule has 1 aromatic rings. The van der Waals surface area contributed by atoms with Gasteiger partial charge in [-0.05, 0) is 37.0 Å². The van der Waals surface area contributed by atoms with Crippen molar-refractivity contribution < 1.29 is 0 Å². The van der Waals surface area contributed by atoms with Crippen molar-refractivity contribution in [2.75, 3.05) is 0 Å². The van der Waals surface area contributed by atoms with Gasteiger partial charge in [0, 0.05) is 22.1 Å². The van der Waals surface area contributed by atoms with Crippen LogP contribution in [0, 0.1) is 0 Å². The van der Waals surface area contributed by atoms with Gasteiger partial charge in [0.25, 0.3) is 0 Å². The van der Waals surface area contributed by atoms with Gasteiger partial charge in [-0.1, -0.05) is 36.2 Å². The zero-order valence-corrected chi connectivity index (χ0v) is 10.3. The summed E-state index contributed by atoms with van der Waals surface area (Å²) >= 11 is 12.1. The summed E-state index contributed by atoms with van der Waals surface area (Å²) in [6.45, 7) is 2.17. The van der Waals surface area contributed by atoms with E-state index in [0.717, 1.165) is 17.0 Å². The standard InChI is InChI=1S/C12H15Cl2N/c1-2-12(15-9-4-5-9)10-6-3-8(13)7-11(10)14/h3,6-7,9,12,15H,2,4-5H2,1H3. The van der Waals surface area contributed by atoms with Crippen molar-refractivity contribution in [2.45, 2.75) is 38.3 Å². The molecule has 1 aliphatic rings. The first-order valence-electron chi connectivity index (χ1n) is 5.41. The number of hydrogen-bond acceptors (Lipinski definition) is 1. The van der Waals surface area contributed by atoms with Gasteiger partial charge in [0.1, 0.15) is 0 Å². The SMILES string of the molecule is CCC(NC1CC1)c1ccc(Cl)cc1Cl. The van der Waals surface area contributed by atoms with Crippen molar-refractivity contribution in [1.82, 2.24) is 5.32 Å². The van der Waals surface area contributed by atoms with Gasteiger partial charge in [0.05, 0.1) is 0 Å². The highest BCUT2D eigenvalue weighted by Gasteiger charge is 2.25. The van der Waals surface area contributed by atoms with Gasteiger partial charge in [-0.15, -0.1) is 0 Å². The van der Waals surface area contributed by atoms with Crippen molar-refractivity contribution in [3.63, 3.8) is 0 Å². The molecule has 0 saturated heterocycles. The van der Waals surface area contributed by atoms with Crippen LogP contribution in [0.25, 0.3) is 0 Å². The third-order valence-electron chi connectivity index (χ3n) is 2.76. The fourth-order valence-electron chi connectivity index (χ4n) is 1.75. The highest BCUT2D eigenvalue weighted by molar-refractivity contribution is 6.35. The molecule has 1 aliphatic carbocycles. The lowest BCUT2D eigenvalue weighted by molar-refractivity contribution is 0.516. The lowest BCUT2D eigenvalue weighted by Gasteiger charge is -2.18. The molecular weight excluding hydrogens is 229 g/mol. The van der Waals surface area contributed by atoms with Crippen LogP contribution >= 0.6 is 23.2 Å². The fraction of sp³-hybridized carbons (Fsp3) is 0.500. The summed E-state index contributed by atoms with van der Waals surface area (Å²) in [6.07, 6.45) is 3.64. The van der Waals surface area contributed by atoms with E-state index in [1.54, 1.807) is 0 Å². The molecule has 82 valence electrons. The summed E-state index contributed by atoms with van der Waals surface area (Å²) in [5.74, 6) is 0. The van der Waals surface area contributed by atoms with Crippen LogP contribution in [-0.2, 0) is 0 Å². The molecule has 0 bridgehead atoms. The number of nitrogens with one attached hydrogen (secondary N) is 1. The lowest BCUT2D eigenvalue weighted by atomic mass is 10.0. The van der Waals surface area contributed by atoms with Gasteiger partial charge >= 0.3 is 0 Å². The third kappa shape index (κ3) is 2.87. The van der Waals surface area contributed by atoms with Crippen LogP contribution in [0.5, 0.6) is 0 Å². The number of benzene rings is 1. The molecule has 1 fully saturated rings. The minimum Gasteiger partial charge on any atom is -0.307 e. The van der Waals surface area contributed by atoms with E-state index in [-0.39, 0.29) is 0 Å². The van der Waals surface area contributed by atoms with Gasteiger partial charge in [0.2, 0.25) is 0 Å². The van der Waals surface area contributed by atoms with Crippen LogP contribution in [-0.4, -0.2) is 6.04 Å². The monoisotopic (exact) mass is 243 g/mol. The predicted octanol–water partition coefficient (Wildman–Crippen LogP) is 4.20. The van der Waals surface area contributed by atoms with E-state index in [0.29, 0.717) is 17.1 Å². The third-order valence-corrected chi connectivity index (χ3v) is 3.32. The van der Waals surface area contributed by atoms with E-state index < -0.39 is 0 Å². The Morgan fingerprint density at radius 3 is 2.67 bits per heavy atom. The molecule has 0 radical (unpaired) electrons. The molecule has 1 unspecified atom stereocenters. The van der Waals surface area contributed by atoms with Gasteiger partial charge in [-0.25, -0.2) is 0 Å². The Bertz CT molecular complexity index is 347.